The number of anilines is 1. The minimum atomic E-state index is -0.547. The molecule has 1 amide bonds. The van der Waals surface area contributed by atoms with Crippen LogP contribution >= 0.6 is 0 Å². The first kappa shape index (κ1) is 9.88. The van der Waals surface area contributed by atoms with Crippen LogP contribution < -0.4 is 10.6 Å². The van der Waals surface area contributed by atoms with Crippen LogP contribution in [0.2, 0.25) is 0 Å². The zero-order chi connectivity index (χ0) is 10.8. The Morgan fingerprint density at radius 2 is 2.13 bits per heavy atom. The second-order valence-corrected chi connectivity index (χ2v) is 3.68. The molecule has 7 heteroatoms. The highest BCUT2D eigenvalue weighted by molar-refractivity contribution is 5.77. The SMILES string of the molecule is CC(C(N)=O)n1nnc(N2CCCC2)n1. The van der Waals surface area contributed by atoms with Gasteiger partial charge in [0.15, 0.2) is 0 Å². The molecule has 0 bridgehead atoms. The van der Waals surface area contributed by atoms with Gasteiger partial charge in [0.25, 0.3) is 5.95 Å². The molecule has 82 valence electrons. The number of hydrogen-bond acceptors (Lipinski definition) is 5. The van der Waals surface area contributed by atoms with Crippen molar-refractivity contribution in [2.45, 2.75) is 25.8 Å². The Hall–Kier alpha value is -1.66. The minimum Gasteiger partial charge on any atom is -0.368 e. The van der Waals surface area contributed by atoms with Crippen LogP contribution in [0.4, 0.5) is 5.95 Å². The zero-order valence-corrected chi connectivity index (χ0v) is 8.63. The molecule has 2 N–H and O–H groups in total. The fourth-order valence-electron chi connectivity index (χ4n) is 1.54. The lowest BCUT2D eigenvalue weighted by Crippen LogP contribution is -2.26. The fraction of sp³-hybridized carbons (Fsp3) is 0.750. The van der Waals surface area contributed by atoms with Crippen molar-refractivity contribution in [2.24, 2.45) is 5.73 Å². The van der Waals surface area contributed by atoms with E-state index in [1.165, 1.54) is 4.80 Å². The van der Waals surface area contributed by atoms with E-state index in [0.29, 0.717) is 5.95 Å². The van der Waals surface area contributed by atoms with Crippen molar-refractivity contribution < 1.29 is 4.79 Å². The number of amides is 1. The van der Waals surface area contributed by atoms with Gasteiger partial charge in [0.2, 0.25) is 5.91 Å². The van der Waals surface area contributed by atoms with Crippen LogP contribution in [0.1, 0.15) is 25.8 Å². The van der Waals surface area contributed by atoms with Crippen LogP contribution in [0, 0.1) is 0 Å². The molecule has 2 heterocycles. The molecule has 1 aromatic heterocycles. The van der Waals surface area contributed by atoms with Crippen molar-refractivity contribution in [3.05, 3.63) is 0 Å². The van der Waals surface area contributed by atoms with Gasteiger partial charge < -0.3 is 10.6 Å². The number of carbonyl (C=O) groups excluding carboxylic acids is 1. The molecule has 7 nitrogen and oxygen atoms in total. The van der Waals surface area contributed by atoms with E-state index in [0.717, 1.165) is 25.9 Å². The lowest BCUT2D eigenvalue weighted by atomic mass is 10.3. The molecule has 0 spiro atoms. The topological polar surface area (TPSA) is 89.9 Å². The molecule has 1 aliphatic rings. The van der Waals surface area contributed by atoms with E-state index >= 15 is 0 Å². The Balaban J connectivity index is 2.12. The van der Waals surface area contributed by atoms with E-state index in [1.54, 1.807) is 6.92 Å². The van der Waals surface area contributed by atoms with E-state index in [2.05, 4.69) is 20.3 Å². The number of aromatic nitrogens is 4. The van der Waals surface area contributed by atoms with Crippen LogP contribution in [0.5, 0.6) is 0 Å². The Morgan fingerprint density at radius 3 is 2.73 bits per heavy atom. The number of carbonyl (C=O) groups is 1. The number of hydrogen-bond donors (Lipinski definition) is 1. The molecular weight excluding hydrogens is 196 g/mol. The summed E-state index contributed by atoms with van der Waals surface area (Å²) in [6.45, 7) is 3.56. The molecule has 1 aromatic rings. The molecule has 1 unspecified atom stereocenters. The van der Waals surface area contributed by atoms with E-state index in [4.69, 9.17) is 5.73 Å². The van der Waals surface area contributed by atoms with Gasteiger partial charge in [0.05, 0.1) is 0 Å². The lowest BCUT2D eigenvalue weighted by Gasteiger charge is -2.10. The smallest absolute Gasteiger partial charge is 0.266 e. The quantitative estimate of drug-likeness (QED) is 0.713. The first-order valence-electron chi connectivity index (χ1n) is 5.02. The second-order valence-electron chi connectivity index (χ2n) is 3.68. The standard InChI is InChI=1S/C8H14N6O/c1-6(7(9)15)14-11-8(10-12-14)13-4-2-3-5-13/h6H,2-5H2,1H3,(H2,9,15). The van der Waals surface area contributed by atoms with E-state index in [-0.39, 0.29) is 0 Å². The van der Waals surface area contributed by atoms with Gasteiger partial charge in [-0.2, -0.15) is 0 Å². The minimum absolute atomic E-state index is 0.458. The summed E-state index contributed by atoms with van der Waals surface area (Å²) in [4.78, 5) is 14.2. The second kappa shape index (κ2) is 3.84. The van der Waals surface area contributed by atoms with E-state index in [1.807, 2.05) is 0 Å². The third-order valence-corrected chi connectivity index (χ3v) is 2.56. The zero-order valence-electron chi connectivity index (χ0n) is 8.63. The summed E-state index contributed by atoms with van der Waals surface area (Å²) in [6, 6.07) is -0.547. The molecule has 0 radical (unpaired) electrons. The van der Waals surface area contributed by atoms with Gasteiger partial charge in [-0.25, -0.2) is 0 Å². The highest BCUT2D eigenvalue weighted by Gasteiger charge is 2.20. The van der Waals surface area contributed by atoms with Crippen LogP contribution in [-0.4, -0.2) is 39.2 Å². The van der Waals surface area contributed by atoms with Crippen molar-refractivity contribution in [2.75, 3.05) is 18.0 Å². The monoisotopic (exact) mass is 210 g/mol. The summed E-state index contributed by atoms with van der Waals surface area (Å²) in [7, 11) is 0. The largest absolute Gasteiger partial charge is 0.368 e. The molecule has 1 atom stereocenters. The molecule has 0 aromatic carbocycles. The molecule has 0 aliphatic carbocycles. The number of rotatable bonds is 3. The van der Waals surface area contributed by atoms with Crippen LogP contribution in [0.3, 0.4) is 0 Å². The first-order chi connectivity index (χ1) is 7.18. The van der Waals surface area contributed by atoms with Gasteiger partial charge in [-0.3, -0.25) is 4.79 Å². The third kappa shape index (κ3) is 1.90. The Labute approximate surface area is 87.2 Å². The average Bonchev–Trinajstić information content (AvgIpc) is 2.86. The summed E-state index contributed by atoms with van der Waals surface area (Å²) < 4.78 is 0. The molecule has 15 heavy (non-hydrogen) atoms. The summed E-state index contributed by atoms with van der Waals surface area (Å²) >= 11 is 0. The maximum Gasteiger partial charge on any atom is 0.266 e. The van der Waals surface area contributed by atoms with Crippen molar-refractivity contribution in [1.82, 2.24) is 20.2 Å². The molecule has 2 rings (SSSR count). The first-order valence-corrected chi connectivity index (χ1v) is 5.02. The van der Waals surface area contributed by atoms with Crippen molar-refractivity contribution in [1.29, 1.82) is 0 Å². The summed E-state index contributed by atoms with van der Waals surface area (Å²) in [5.41, 5.74) is 5.15. The van der Waals surface area contributed by atoms with Crippen molar-refractivity contribution >= 4 is 11.9 Å². The van der Waals surface area contributed by atoms with E-state index in [9.17, 15) is 4.79 Å². The Morgan fingerprint density at radius 1 is 1.47 bits per heavy atom. The van der Waals surface area contributed by atoms with Crippen molar-refractivity contribution in [3.8, 4) is 0 Å². The van der Waals surface area contributed by atoms with E-state index < -0.39 is 11.9 Å². The average molecular weight is 210 g/mol. The van der Waals surface area contributed by atoms with Gasteiger partial charge in [-0.15, -0.1) is 9.90 Å². The molecular formula is C8H14N6O. The predicted octanol–water partition coefficient (Wildman–Crippen LogP) is -0.680. The van der Waals surface area contributed by atoms with Gasteiger partial charge >= 0.3 is 0 Å². The molecule has 0 saturated carbocycles. The van der Waals surface area contributed by atoms with Crippen LogP contribution in [0.25, 0.3) is 0 Å². The van der Waals surface area contributed by atoms with Crippen LogP contribution in [-0.2, 0) is 4.79 Å². The van der Waals surface area contributed by atoms with Crippen LogP contribution in [0.15, 0.2) is 0 Å². The predicted molar refractivity (Wildman–Crippen MR) is 53.2 cm³/mol. The van der Waals surface area contributed by atoms with Gasteiger partial charge in [-0.1, -0.05) is 5.10 Å². The summed E-state index contributed by atoms with van der Waals surface area (Å²) in [5, 5.41) is 11.8. The Kier molecular flexibility index (Phi) is 2.53. The number of primary amides is 1. The number of nitrogens with two attached hydrogens (primary N) is 1. The lowest BCUT2D eigenvalue weighted by molar-refractivity contribution is -0.121. The third-order valence-electron chi connectivity index (χ3n) is 2.56. The van der Waals surface area contributed by atoms with Gasteiger partial charge in [0, 0.05) is 13.1 Å². The maximum absolute atomic E-state index is 10.9. The Bertz CT molecular complexity index is 356. The molecule has 1 aliphatic heterocycles. The summed E-state index contributed by atoms with van der Waals surface area (Å²) in [6.07, 6.45) is 2.31. The highest BCUT2D eigenvalue weighted by Crippen LogP contribution is 2.14. The summed E-state index contributed by atoms with van der Waals surface area (Å²) in [5.74, 6) is 0.126. The van der Waals surface area contributed by atoms with Crippen molar-refractivity contribution in [3.63, 3.8) is 0 Å². The fourth-order valence-corrected chi connectivity index (χ4v) is 1.54. The number of nitrogens with zero attached hydrogens (tertiary/aromatic N) is 5. The number of tetrazole rings is 1. The van der Waals surface area contributed by atoms with Gasteiger partial charge in [-0.05, 0) is 25.0 Å². The maximum atomic E-state index is 10.9. The molecule has 1 saturated heterocycles. The van der Waals surface area contributed by atoms with Gasteiger partial charge in [0.1, 0.15) is 6.04 Å². The molecule has 1 fully saturated rings. The normalized spacial score (nSPS) is 18.1. The highest BCUT2D eigenvalue weighted by atomic mass is 16.1.